The van der Waals surface area contributed by atoms with Gasteiger partial charge < -0.3 is 10.3 Å². The highest BCUT2D eigenvalue weighted by atomic mass is 32.2. The average molecular weight is 313 g/mol. The largest absolute Gasteiger partial charge is 0.389 e. The number of hydrogen-bond donors (Lipinski definition) is 3. The van der Waals surface area contributed by atoms with Crippen LogP contribution in [0.4, 0.5) is 13.2 Å². The van der Waals surface area contributed by atoms with Crippen LogP contribution in [0, 0.1) is 0 Å². The topological polar surface area (TPSA) is 105 Å². The molecule has 1 amide bonds. The lowest BCUT2D eigenvalue weighted by molar-refractivity contribution is -0.135. The fourth-order valence-corrected chi connectivity index (χ4v) is 1.92. The summed E-state index contributed by atoms with van der Waals surface area (Å²) in [4.78, 5) is 13.7. The zero-order valence-electron chi connectivity index (χ0n) is 10.3. The van der Waals surface area contributed by atoms with Crippen molar-refractivity contribution >= 4 is 15.9 Å². The molecule has 1 rings (SSSR count). The molecular weight excluding hydrogens is 299 g/mol. The molecule has 0 spiro atoms. The molecule has 6 nitrogen and oxygen atoms in total. The molecule has 4 N–H and O–H groups in total. The fourth-order valence-electron chi connectivity index (χ4n) is 1.42. The molecule has 0 unspecified atom stereocenters. The summed E-state index contributed by atoms with van der Waals surface area (Å²) in [5, 5.41) is 7.24. The number of aromatic amines is 1. The minimum Gasteiger partial charge on any atom is -0.356 e. The van der Waals surface area contributed by atoms with Crippen molar-refractivity contribution in [3.05, 3.63) is 18.0 Å². The van der Waals surface area contributed by atoms with Gasteiger partial charge in [0.1, 0.15) is 5.69 Å². The van der Waals surface area contributed by atoms with Crippen LogP contribution in [-0.4, -0.2) is 32.0 Å². The second kappa shape index (κ2) is 6.27. The van der Waals surface area contributed by atoms with E-state index in [1.54, 1.807) is 0 Å². The maximum Gasteiger partial charge on any atom is 0.389 e. The van der Waals surface area contributed by atoms with Gasteiger partial charge in [-0.25, -0.2) is 13.6 Å². The number of sulfonamides is 1. The maximum atomic E-state index is 11.9. The average Bonchev–Trinajstić information content (AvgIpc) is 2.75. The minimum atomic E-state index is -4.20. The number of alkyl halides is 3. The fraction of sp³-hybridized carbons (Fsp3) is 0.500. The molecule has 0 atom stereocenters. The van der Waals surface area contributed by atoms with Gasteiger partial charge in [-0.2, -0.15) is 13.2 Å². The van der Waals surface area contributed by atoms with Gasteiger partial charge in [-0.3, -0.25) is 4.79 Å². The van der Waals surface area contributed by atoms with Crippen LogP contribution in [0.5, 0.6) is 0 Å². The Kier molecular flexibility index (Phi) is 5.17. The number of nitrogens with two attached hydrogens (primary N) is 1. The number of halogens is 3. The first kappa shape index (κ1) is 16.5. The second-order valence-electron chi connectivity index (χ2n) is 4.12. The van der Waals surface area contributed by atoms with Crippen molar-refractivity contribution in [3.8, 4) is 0 Å². The summed E-state index contributed by atoms with van der Waals surface area (Å²) in [5.41, 5.74) is -0.0233. The first-order chi connectivity index (χ1) is 9.09. The third-order valence-electron chi connectivity index (χ3n) is 2.40. The highest BCUT2D eigenvalue weighted by Crippen LogP contribution is 2.21. The zero-order valence-corrected chi connectivity index (χ0v) is 11.1. The SMILES string of the molecule is NS(=O)(=O)c1c[nH]c(C(=O)NCCCCC(F)(F)F)c1. The van der Waals surface area contributed by atoms with E-state index in [2.05, 4.69) is 10.3 Å². The number of nitrogens with one attached hydrogen (secondary N) is 2. The van der Waals surface area contributed by atoms with E-state index in [1.807, 2.05) is 0 Å². The van der Waals surface area contributed by atoms with Crippen LogP contribution in [0.15, 0.2) is 17.2 Å². The standard InChI is InChI=1S/C10H14F3N3O3S/c11-10(12,13)3-1-2-4-15-9(17)8-5-7(6-16-8)20(14,18)19/h5-6,16H,1-4H2,(H,15,17)(H2,14,18,19). The van der Waals surface area contributed by atoms with Crippen LogP contribution in [-0.2, 0) is 10.0 Å². The van der Waals surface area contributed by atoms with Gasteiger partial charge in [0, 0.05) is 19.2 Å². The summed E-state index contributed by atoms with van der Waals surface area (Å²) in [6.45, 7) is 0.0681. The molecule has 0 saturated carbocycles. The van der Waals surface area contributed by atoms with E-state index in [1.165, 1.54) is 0 Å². The summed E-state index contributed by atoms with van der Waals surface area (Å²) in [6, 6.07) is 1.06. The van der Waals surface area contributed by atoms with Gasteiger partial charge >= 0.3 is 6.18 Å². The summed E-state index contributed by atoms with van der Waals surface area (Å²) < 4.78 is 57.5. The van der Waals surface area contributed by atoms with Gasteiger partial charge in [0.05, 0.1) is 4.90 Å². The van der Waals surface area contributed by atoms with Gasteiger partial charge in [-0.1, -0.05) is 0 Å². The molecule has 0 aromatic carbocycles. The molecule has 0 aliphatic heterocycles. The minimum absolute atomic E-state index is 0.0233. The van der Waals surface area contributed by atoms with Crippen LogP contribution < -0.4 is 10.5 Å². The van der Waals surface area contributed by atoms with Crippen molar-refractivity contribution in [1.29, 1.82) is 0 Å². The summed E-state index contributed by atoms with van der Waals surface area (Å²) in [6.07, 6.45) is -3.95. The predicted octanol–water partition coefficient (Wildman–Crippen LogP) is 1.12. The van der Waals surface area contributed by atoms with E-state index in [0.29, 0.717) is 0 Å². The third-order valence-corrected chi connectivity index (χ3v) is 3.30. The van der Waals surface area contributed by atoms with Gasteiger partial charge in [0.25, 0.3) is 5.91 Å². The van der Waals surface area contributed by atoms with E-state index in [9.17, 15) is 26.4 Å². The highest BCUT2D eigenvalue weighted by molar-refractivity contribution is 7.89. The molecule has 20 heavy (non-hydrogen) atoms. The molecule has 114 valence electrons. The van der Waals surface area contributed by atoms with Crippen LogP contribution in [0.25, 0.3) is 0 Å². The van der Waals surface area contributed by atoms with E-state index in [-0.39, 0.29) is 30.0 Å². The number of carbonyl (C=O) groups excluding carboxylic acids is 1. The lowest BCUT2D eigenvalue weighted by Crippen LogP contribution is -2.25. The van der Waals surface area contributed by atoms with Crippen molar-refractivity contribution in [2.24, 2.45) is 5.14 Å². The van der Waals surface area contributed by atoms with Crippen molar-refractivity contribution in [2.75, 3.05) is 6.54 Å². The van der Waals surface area contributed by atoms with E-state index >= 15 is 0 Å². The first-order valence-corrected chi connectivity index (χ1v) is 7.20. The van der Waals surface area contributed by atoms with E-state index in [4.69, 9.17) is 5.14 Å². The van der Waals surface area contributed by atoms with Crippen molar-refractivity contribution < 1.29 is 26.4 Å². The van der Waals surface area contributed by atoms with Gasteiger partial charge in [0.2, 0.25) is 10.0 Å². The number of hydrogen-bond acceptors (Lipinski definition) is 3. The number of aromatic nitrogens is 1. The molecule has 1 aromatic rings. The Morgan fingerprint density at radius 2 is 2.00 bits per heavy atom. The smallest absolute Gasteiger partial charge is 0.356 e. The number of primary sulfonamides is 1. The Labute approximate surface area is 113 Å². The van der Waals surface area contributed by atoms with Crippen LogP contribution in [0.3, 0.4) is 0 Å². The molecule has 0 bridgehead atoms. The van der Waals surface area contributed by atoms with Gasteiger partial charge in [0.15, 0.2) is 0 Å². The number of carbonyl (C=O) groups is 1. The Morgan fingerprint density at radius 1 is 1.35 bits per heavy atom. The number of rotatable bonds is 6. The zero-order chi connectivity index (χ0) is 15.4. The Balaban J connectivity index is 2.39. The molecule has 1 aromatic heterocycles. The second-order valence-corrected chi connectivity index (χ2v) is 5.68. The first-order valence-electron chi connectivity index (χ1n) is 5.66. The van der Waals surface area contributed by atoms with Crippen LogP contribution >= 0.6 is 0 Å². The number of H-pyrrole nitrogens is 1. The van der Waals surface area contributed by atoms with Crippen LogP contribution in [0.2, 0.25) is 0 Å². The molecule has 10 heteroatoms. The Hall–Kier alpha value is -1.55. The van der Waals surface area contributed by atoms with Gasteiger partial charge in [-0.05, 0) is 18.9 Å². The third kappa shape index (κ3) is 5.61. The molecular formula is C10H14F3N3O3S. The molecule has 0 radical (unpaired) electrons. The summed E-state index contributed by atoms with van der Waals surface area (Å²) in [7, 11) is -3.90. The Bertz CT molecular complexity index is 566. The van der Waals surface area contributed by atoms with Crippen molar-refractivity contribution in [3.63, 3.8) is 0 Å². The highest BCUT2D eigenvalue weighted by Gasteiger charge is 2.25. The maximum absolute atomic E-state index is 11.9. The van der Waals surface area contributed by atoms with Crippen molar-refractivity contribution in [2.45, 2.75) is 30.3 Å². The predicted molar refractivity (Wildman–Crippen MR) is 64.4 cm³/mol. The molecule has 0 fully saturated rings. The van der Waals surface area contributed by atoms with E-state index in [0.717, 1.165) is 12.3 Å². The molecule has 1 heterocycles. The molecule has 0 aliphatic rings. The normalized spacial score (nSPS) is 12.4. The number of amides is 1. The lowest BCUT2D eigenvalue weighted by Gasteiger charge is -2.06. The lowest BCUT2D eigenvalue weighted by atomic mass is 10.2. The molecule has 0 aliphatic carbocycles. The van der Waals surface area contributed by atoms with E-state index < -0.39 is 28.5 Å². The summed E-state index contributed by atoms with van der Waals surface area (Å²) in [5.74, 6) is -0.605. The Morgan fingerprint density at radius 3 is 2.50 bits per heavy atom. The monoisotopic (exact) mass is 313 g/mol. The molecule has 0 saturated heterocycles. The van der Waals surface area contributed by atoms with Gasteiger partial charge in [-0.15, -0.1) is 0 Å². The summed E-state index contributed by atoms with van der Waals surface area (Å²) >= 11 is 0. The number of unbranched alkanes of at least 4 members (excludes halogenated alkanes) is 1. The van der Waals surface area contributed by atoms with Crippen molar-refractivity contribution in [1.82, 2.24) is 10.3 Å². The van der Waals surface area contributed by atoms with Crippen LogP contribution in [0.1, 0.15) is 29.8 Å². The quantitative estimate of drug-likeness (QED) is 0.685.